The fourth-order valence-corrected chi connectivity index (χ4v) is 2.82. The Morgan fingerprint density at radius 1 is 1.46 bits per heavy atom. The Bertz CT molecular complexity index is 662. The quantitative estimate of drug-likeness (QED) is 0.863. The Labute approximate surface area is 147 Å². The molecule has 7 heteroatoms. The summed E-state index contributed by atoms with van der Waals surface area (Å²) in [5.74, 6) is -0.0713. The Balaban J connectivity index is 0.00000208. The number of amides is 1. The lowest BCUT2D eigenvalue weighted by Gasteiger charge is -2.18. The van der Waals surface area contributed by atoms with Crippen LogP contribution in [0.15, 0.2) is 42.7 Å². The molecule has 1 amide bonds. The molecule has 0 aliphatic carbocycles. The molecule has 0 radical (unpaired) electrons. The lowest BCUT2D eigenvalue weighted by molar-refractivity contribution is -0.132. The molecule has 1 saturated heterocycles. The van der Waals surface area contributed by atoms with Gasteiger partial charge in [-0.25, -0.2) is 4.68 Å². The number of nitrogens with one attached hydrogen (secondary N) is 1. The molecular weight excluding hydrogens is 328 g/mol. The van der Waals surface area contributed by atoms with Crippen LogP contribution in [0.3, 0.4) is 0 Å². The summed E-state index contributed by atoms with van der Waals surface area (Å²) in [6.07, 6.45) is 4.82. The highest BCUT2D eigenvalue weighted by Gasteiger charge is 2.30. The zero-order valence-electron chi connectivity index (χ0n) is 13.6. The number of rotatable bonds is 5. The maximum atomic E-state index is 12.3. The van der Waals surface area contributed by atoms with Gasteiger partial charge in [0.25, 0.3) is 0 Å². The number of benzene rings is 1. The van der Waals surface area contributed by atoms with Crippen molar-refractivity contribution in [2.75, 3.05) is 6.54 Å². The van der Waals surface area contributed by atoms with E-state index in [9.17, 15) is 4.79 Å². The van der Waals surface area contributed by atoms with Gasteiger partial charge in [0.1, 0.15) is 6.10 Å². The Kier molecular flexibility index (Phi) is 6.36. The summed E-state index contributed by atoms with van der Waals surface area (Å²) in [6.45, 7) is 2.43. The van der Waals surface area contributed by atoms with Crippen LogP contribution < -0.4 is 11.1 Å². The van der Waals surface area contributed by atoms with Crippen molar-refractivity contribution in [2.45, 2.75) is 38.0 Å². The predicted octanol–water partition coefficient (Wildman–Crippen LogP) is 1.98. The third-order valence-corrected chi connectivity index (χ3v) is 4.16. The molecule has 130 valence electrons. The maximum absolute atomic E-state index is 12.3. The van der Waals surface area contributed by atoms with E-state index in [4.69, 9.17) is 10.5 Å². The Hall–Kier alpha value is -1.89. The molecular formula is C17H23ClN4O2. The van der Waals surface area contributed by atoms with Gasteiger partial charge in [0.05, 0.1) is 17.8 Å². The second-order valence-corrected chi connectivity index (χ2v) is 5.84. The number of halogens is 1. The minimum absolute atomic E-state index is 0. The SMILES string of the molecule is CC(NC(=O)[C@@H]1CC[C@H](CN)O1)c1cccc(-n2cccn2)c1.Cl. The minimum Gasteiger partial charge on any atom is -0.364 e. The topological polar surface area (TPSA) is 82.2 Å². The smallest absolute Gasteiger partial charge is 0.249 e. The number of ether oxygens (including phenoxy) is 1. The van der Waals surface area contributed by atoms with Crippen molar-refractivity contribution < 1.29 is 9.53 Å². The molecule has 3 N–H and O–H groups in total. The molecule has 1 aromatic heterocycles. The molecule has 1 aromatic carbocycles. The highest BCUT2D eigenvalue weighted by atomic mass is 35.5. The normalized spacial score (nSPS) is 21.1. The molecule has 24 heavy (non-hydrogen) atoms. The van der Waals surface area contributed by atoms with Gasteiger partial charge in [0.2, 0.25) is 5.91 Å². The molecule has 0 saturated carbocycles. The van der Waals surface area contributed by atoms with Crippen molar-refractivity contribution in [3.05, 3.63) is 48.3 Å². The van der Waals surface area contributed by atoms with E-state index in [1.165, 1.54) is 0 Å². The highest BCUT2D eigenvalue weighted by molar-refractivity contribution is 5.85. The first kappa shape index (κ1) is 18.4. The van der Waals surface area contributed by atoms with Gasteiger partial charge < -0.3 is 15.8 Å². The first-order valence-corrected chi connectivity index (χ1v) is 7.93. The van der Waals surface area contributed by atoms with Crippen molar-refractivity contribution in [3.63, 3.8) is 0 Å². The van der Waals surface area contributed by atoms with E-state index in [0.29, 0.717) is 6.54 Å². The van der Waals surface area contributed by atoms with Crippen molar-refractivity contribution in [1.82, 2.24) is 15.1 Å². The fourth-order valence-electron chi connectivity index (χ4n) is 2.82. The van der Waals surface area contributed by atoms with Crippen molar-refractivity contribution >= 4 is 18.3 Å². The van der Waals surface area contributed by atoms with Gasteiger partial charge >= 0.3 is 0 Å². The summed E-state index contributed by atoms with van der Waals surface area (Å²) in [4.78, 5) is 12.3. The van der Waals surface area contributed by atoms with E-state index >= 15 is 0 Å². The average molecular weight is 351 g/mol. The first-order valence-electron chi connectivity index (χ1n) is 7.93. The zero-order valence-corrected chi connectivity index (χ0v) is 14.4. The van der Waals surface area contributed by atoms with E-state index in [1.54, 1.807) is 10.9 Å². The molecule has 2 heterocycles. The third-order valence-electron chi connectivity index (χ3n) is 4.16. The third kappa shape index (κ3) is 4.14. The van der Waals surface area contributed by atoms with E-state index in [2.05, 4.69) is 10.4 Å². The summed E-state index contributed by atoms with van der Waals surface area (Å²) >= 11 is 0. The van der Waals surface area contributed by atoms with Crippen LogP contribution in [0.1, 0.15) is 31.4 Å². The van der Waals surface area contributed by atoms with Gasteiger partial charge in [-0.1, -0.05) is 12.1 Å². The van der Waals surface area contributed by atoms with Crippen molar-refractivity contribution in [2.24, 2.45) is 5.73 Å². The molecule has 2 aromatic rings. The fraction of sp³-hybridized carbons (Fsp3) is 0.412. The van der Waals surface area contributed by atoms with Crippen LogP contribution >= 0.6 is 12.4 Å². The minimum atomic E-state index is -0.389. The van der Waals surface area contributed by atoms with Gasteiger partial charge in [-0.3, -0.25) is 4.79 Å². The summed E-state index contributed by atoms with van der Waals surface area (Å²) in [6, 6.07) is 9.75. The maximum Gasteiger partial charge on any atom is 0.249 e. The number of hydrogen-bond acceptors (Lipinski definition) is 4. The molecule has 3 atom stereocenters. The molecule has 1 unspecified atom stereocenters. The number of nitrogens with zero attached hydrogens (tertiary/aromatic N) is 2. The van der Waals surface area contributed by atoms with Gasteiger partial charge in [-0.15, -0.1) is 12.4 Å². The molecule has 1 aliphatic heterocycles. The molecule has 0 spiro atoms. The van der Waals surface area contributed by atoms with Crippen LogP contribution in [-0.4, -0.2) is 34.4 Å². The van der Waals surface area contributed by atoms with Gasteiger partial charge in [-0.05, 0) is 43.5 Å². The second-order valence-electron chi connectivity index (χ2n) is 5.84. The summed E-state index contributed by atoms with van der Waals surface area (Å²) in [7, 11) is 0. The summed E-state index contributed by atoms with van der Waals surface area (Å²) in [5.41, 5.74) is 7.58. The zero-order chi connectivity index (χ0) is 16.2. The standard InChI is InChI=1S/C17H22N4O2.ClH/c1-12(20-17(22)16-7-6-15(11-18)23-16)13-4-2-5-14(10-13)21-9-3-8-19-21;/h2-5,8-10,12,15-16H,6-7,11,18H2,1H3,(H,20,22);1H/t12?,15-,16+;/m1./s1. The van der Waals surface area contributed by atoms with Crippen LogP contribution in [0.2, 0.25) is 0 Å². The molecule has 1 fully saturated rings. The average Bonchev–Trinajstić information content (AvgIpc) is 3.26. The summed E-state index contributed by atoms with van der Waals surface area (Å²) < 4.78 is 7.44. The van der Waals surface area contributed by atoms with E-state index < -0.39 is 0 Å². The Morgan fingerprint density at radius 3 is 2.96 bits per heavy atom. The number of carbonyl (C=O) groups excluding carboxylic acids is 1. The second kappa shape index (κ2) is 8.28. The largest absolute Gasteiger partial charge is 0.364 e. The number of aromatic nitrogens is 2. The van der Waals surface area contributed by atoms with Crippen LogP contribution in [0.25, 0.3) is 5.69 Å². The molecule has 6 nitrogen and oxygen atoms in total. The predicted molar refractivity (Wildman–Crippen MR) is 94.3 cm³/mol. The van der Waals surface area contributed by atoms with Crippen LogP contribution in [0.4, 0.5) is 0 Å². The van der Waals surface area contributed by atoms with Crippen molar-refractivity contribution in [3.8, 4) is 5.69 Å². The molecule has 0 bridgehead atoms. The van der Waals surface area contributed by atoms with E-state index in [1.807, 2.05) is 43.5 Å². The van der Waals surface area contributed by atoms with Gasteiger partial charge in [0.15, 0.2) is 0 Å². The monoisotopic (exact) mass is 350 g/mol. The van der Waals surface area contributed by atoms with Crippen molar-refractivity contribution in [1.29, 1.82) is 0 Å². The van der Waals surface area contributed by atoms with Gasteiger partial charge in [0, 0.05) is 18.9 Å². The highest BCUT2D eigenvalue weighted by Crippen LogP contribution is 2.21. The summed E-state index contributed by atoms with van der Waals surface area (Å²) in [5, 5.41) is 7.25. The van der Waals surface area contributed by atoms with Gasteiger partial charge in [-0.2, -0.15) is 5.10 Å². The van der Waals surface area contributed by atoms with E-state index in [-0.39, 0.29) is 36.6 Å². The van der Waals surface area contributed by atoms with Crippen LogP contribution in [0.5, 0.6) is 0 Å². The first-order chi connectivity index (χ1) is 11.2. The number of nitrogens with two attached hydrogens (primary N) is 1. The van der Waals surface area contributed by atoms with Crippen LogP contribution in [0, 0.1) is 0 Å². The van der Waals surface area contributed by atoms with E-state index in [0.717, 1.165) is 24.1 Å². The number of hydrogen-bond donors (Lipinski definition) is 2. The number of carbonyl (C=O) groups is 1. The molecule has 3 rings (SSSR count). The van der Waals surface area contributed by atoms with Crippen LogP contribution in [-0.2, 0) is 9.53 Å². The Morgan fingerprint density at radius 2 is 2.29 bits per heavy atom. The lowest BCUT2D eigenvalue weighted by Crippen LogP contribution is -2.37. The molecule has 1 aliphatic rings. The lowest BCUT2D eigenvalue weighted by atomic mass is 10.1.